The Labute approximate surface area is 133 Å². The molecule has 0 aromatic heterocycles. The van der Waals surface area contributed by atoms with E-state index in [1.807, 2.05) is 6.07 Å². The molecule has 3 unspecified atom stereocenters. The van der Waals surface area contributed by atoms with Crippen molar-refractivity contribution in [2.75, 3.05) is 0 Å². The maximum Gasteiger partial charge on any atom is 0.270 e. The van der Waals surface area contributed by atoms with E-state index < -0.39 is 0 Å². The van der Waals surface area contributed by atoms with E-state index in [9.17, 15) is 10.1 Å². The van der Waals surface area contributed by atoms with Gasteiger partial charge in [-0.3, -0.25) is 10.1 Å². The van der Waals surface area contributed by atoms with Crippen molar-refractivity contribution in [1.29, 1.82) is 0 Å². The predicted octanol–water partition coefficient (Wildman–Crippen LogP) is 5.33. The molecule has 1 saturated carbocycles. The topological polar surface area (TPSA) is 43.1 Å². The van der Waals surface area contributed by atoms with Gasteiger partial charge in [-0.25, -0.2) is 0 Å². The molecule has 0 N–H and O–H groups in total. The van der Waals surface area contributed by atoms with E-state index in [0.717, 1.165) is 35.2 Å². The summed E-state index contributed by atoms with van der Waals surface area (Å²) in [7, 11) is 0. The highest BCUT2D eigenvalue weighted by molar-refractivity contribution is 9.10. The summed E-state index contributed by atoms with van der Waals surface area (Å²) in [5.74, 6) is 1.24. The van der Waals surface area contributed by atoms with Crippen LogP contribution in [0.4, 0.5) is 5.69 Å². The zero-order valence-corrected chi connectivity index (χ0v) is 13.9. The first-order valence-corrected chi connectivity index (χ1v) is 8.31. The molecule has 5 heteroatoms. The molecule has 20 heavy (non-hydrogen) atoms. The molecule has 0 aliphatic heterocycles. The number of hydrogen-bond acceptors (Lipinski definition) is 2. The number of benzene rings is 1. The van der Waals surface area contributed by atoms with Crippen LogP contribution in [0.1, 0.15) is 38.2 Å². The van der Waals surface area contributed by atoms with Crippen molar-refractivity contribution in [2.24, 2.45) is 11.8 Å². The van der Waals surface area contributed by atoms with Crippen LogP contribution in [0.2, 0.25) is 0 Å². The Kier molecular flexibility index (Phi) is 5.44. The lowest BCUT2D eigenvalue weighted by atomic mass is 9.77. The normalized spacial score (nSPS) is 26.4. The lowest BCUT2D eigenvalue weighted by Crippen LogP contribution is -2.27. The monoisotopic (exact) mass is 359 g/mol. The van der Waals surface area contributed by atoms with Crippen molar-refractivity contribution in [3.05, 3.63) is 38.3 Å². The van der Waals surface area contributed by atoms with Crippen molar-refractivity contribution < 1.29 is 4.92 Å². The van der Waals surface area contributed by atoms with Crippen LogP contribution in [-0.2, 0) is 6.42 Å². The lowest BCUT2D eigenvalue weighted by molar-refractivity contribution is -0.384. The highest BCUT2D eigenvalue weighted by atomic mass is 79.9. The number of nitrogens with zero attached hydrogens (tertiary/aromatic N) is 1. The van der Waals surface area contributed by atoms with Gasteiger partial charge in [0.2, 0.25) is 0 Å². The van der Waals surface area contributed by atoms with Crippen molar-refractivity contribution in [3.63, 3.8) is 0 Å². The van der Waals surface area contributed by atoms with Gasteiger partial charge < -0.3 is 0 Å². The van der Waals surface area contributed by atoms with Gasteiger partial charge in [-0.2, -0.15) is 0 Å². The molecule has 1 aliphatic rings. The average Bonchev–Trinajstić information content (AvgIpc) is 2.43. The molecular formula is C15H19BrClNO2. The van der Waals surface area contributed by atoms with Crippen molar-refractivity contribution in [3.8, 4) is 0 Å². The first-order chi connectivity index (χ1) is 9.51. The highest BCUT2D eigenvalue weighted by Crippen LogP contribution is 2.37. The number of hydrogen-bond donors (Lipinski definition) is 0. The first-order valence-electron chi connectivity index (χ1n) is 7.08. The summed E-state index contributed by atoms with van der Waals surface area (Å²) in [6.07, 6.45) is 5.57. The zero-order valence-electron chi connectivity index (χ0n) is 11.5. The fourth-order valence-corrected chi connectivity index (χ4v) is 3.85. The van der Waals surface area contributed by atoms with E-state index in [4.69, 9.17) is 11.6 Å². The molecule has 1 aliphatic carbocycles. The summed E-state index contributed by atoms with van der Waals surface area (Å²) < 4.78 is 0.814. The van der Waals surface area contributed by atoms with Gasteiger partial charge in [-0.05, 0) is 43.1 Å². The minimum Gasteiger partial charge on any atom is -0.258 e. The van der Waals surface area contributed by atoms with Gasteiger partial charge in [0.05, 0.1) is 4.92 Å². The molecule has 2 rings (SSSR count). The summed E-state index contributed by atoms with van der Waals surface area (Å²) in [5, 5.41) is 11.0. The van der Waals surface area contributed by atoms with Gasteiger partial charge in [0.25, 0.3) is 5.69 Å². The van der Waals surface area contributed by atoms with E-state index in [1.54, 1.807) is 12.1 Å². The van der Waals surface area contributed by atoms with Crippen molar-refractivity contribution >= 4 is 33.2 Å². The number of nitro benzene ring substituents is 1. The number of nitro groups is 1. The minimum atomic E-state index is -0.368. The number of alkyl halides is 1. The van der Waals surface area contributed by atoms with E-state index in [-0.39, 0.29) is 16.0 Å². The molecule has 3 atom stereocenters. The standard InChI is InChI=1S/C15H19BrClNO2/c1-2-10-3-6-15(17)12(7-10)8-11-4-5-13(18(19)20)9-14(11)16/h4-5,9-10,12,15H,2-3,6-8H2,1H3. The third-order valence-electron chi connectivity index (χ3n) is 4.31. The number of non-ortho nitro benzene ring substituents is 1. The molecule has 0 radical (unpaired) electrons. The second-order valence-corrected chi connectivity index (χ2v) is 7.02. The average molecular weight is 361 g/mol. The fourth-order valence-electron chi connectivity index (χ4n) is 3.00. The SMILES string of the molecule is CCC1CCC(Cl)C(Cc2ccc([N+](=O)[O-])cc2Br)C1. The molecule has 0 saturated heterocycles. The predicted molar refractivity (Wildman–Crippen MR) is 85.3 cm³/mol. The molecular weight excluding hydrogens is 342 g/mol. The van der Waals surface area contributed by atoms with Crippen LogP contribution < -0.4 is 0 Å². The molecule has 0 amide bonds. The molecule has 3 nitrogen and oxygen atoms in total. The summed E-state index contributed by atoms with van der Waals surface area (Å²) in [4.78, 5) is 10.4. The molecule has 0 spiro atoms. The summed E-state index contributed by atoms with van der Waals surface area (Å²) in [5.41, 5.74) is 1.24. The molecule has 1 fully saturated rings. The van der Waals surface area contributed by atoms with Crippen LogP contribution in [-0.4, -0.2) is 10.3 Å². The maximum atomic E-state index is 10.8. The van der Waals surface area contributed by atoms with E-state index in [2.05, 4.69) is 22.9 Å². The van der Waals surface area contributed by atoms with E-state index in [0.29, 0.717) is 5.92 Å². The molecule has 1 aromatic carbocycles. The van der Waals surface area contributed by atoms with Crippen LogP contribution in [0.3, 0.4) is 0 Å². The second-order valence-electron chi connectivity index (χ2n) is 5.60. The second kappa shape index (κ2) is 6.90. The van der Waals surface area contributed by atoms with Crippen LogP contribution in [0.5, 0.6) is 0 Å². The van der Waals surface area contributed by atoms with Crippen LogP contribution in [0.15, 0.2) is 22.7 Å². The van der Waals surface area contributed by atoms with Gasteiger partial charge in [-0.15, -0.1) is 11.6 Å². The van der Waals surface area contributed by atoms with E-state index in [1.165, 1.54) is 12.8 Å². The summed E-state index contributed by atoms with van der Waals surface area (Å²) in [6.45, 7) is 2.23. The lowest BCUT2D eigenvalue weighted by Gasteiger charge is -2.32. The van der Waals surface area contributed by atoms with Gasteiger partial charge >= 0.3 is 0 Å². The third-order valence-corrected chi connectivity index (χ3v) is 5.62. The highest BCUT2D eigenvalue weighted by Gasteiger charge is 2.29. The van der Waals surface area contributed by atoms with Gasteiger partial charge in [-0.1, -0.05) is 35.3 Å². The Morgan fingerprint density at radius 2 is 2.20 bits per heavy atom. The Hall–Kier alpha value is -0.610. The van der Waals surface area contributed by atoms with Crippen molar-refractivity contribution in [1.82, 2.24) is 0 Å². The Morgan fingerprint density at radius 1 is 1.45 bits per heavy atom. The Morgan fingerprint density at radius 3 is 2.80 bits per heavy atom. The fraction of sp³-hybridized carbons (Fsp3) is 0.600. The van der Waals surface area contributed by atoms with E-state index >= 15 is 0 Å². The van der Waals surface area contributed by atoms with Crippen molar-refractivity contribution in [2.45, 2.75) is 44.4 Å². The number of rotatable bonds is 4. The molecule has 0 heterocycles. The van der Waals surface area contributed by atoms with Gasteiger partial charge in [0.1, 0.15) is 0 Å². The van der Waals surface area contributed by atoms with Crippen LogP contribution >= 0.6 is 27.5 Å². The molecule has 110 valence electrons. The van der Waals surface area contributed by atoms with Gasteiger partial charge in [0, 0.05) is 22.0 Å². The minimum absolute atomic E-state index is 0.123. The quantitative estimate of drug-likeness (QED) is 0.413. The maximum absolute atomic E-state index is 10.8. The Balaban J connectivity index is 2.10. The summed E-state index contributed by atoms with van der Waals surface area (Å²) >= 11 is 9.91. The largest absolute Gasteiger partial charge is 0.270 e. The smallest absolute Gasteiger partial charge is 0.258 e. The molecule has 1 aromatic rings. The Bertz CT molecular complexity index is 495. The van der Waals surface area contributed by atoms with Crippen LogP contribution in [0, 0.1) is 22.0 Å². The van der Waals surface area contributed by atoms with Crippen LogP contribution in [0.25, 0.3) is 0 Å². The summed E-state index contributed by atoms with van der Waals surface area (Å²) in [6, 6.07) is 5.00. The zero-order chi connectivity index (χ0) is 14.7. The molecule has 0 bridgehead atoms. The third kappa shape index (κ3) is 3.73. The number of halogens is 2. The van der Waals surface area contributed by atoms with Gasteiger partial charge in [0.15, 0.2) is 0 Å². The first kappa shape index (κ1) is 15.8.